The molecule has 2 nitrogen and oxygen atoms in total. The van der Waals surface area contributed by atoms with E-state index in [1.807, 2.05) is 19.9 Å². The summed E-state index contributed by atoms with van der Waals surface area (Å²) in [6.45, 7) is 4.80. The van der Waals surface area contributed by atoms with Crippen LogP contribution in [0.15, 0.2) is 12.2 Å². The zero-order valence-electron chi connectivity index (χ0n) is 8.55. The fourth-order valence-corrected chi connectivity index (χ4v) is 1.42. The first kappa shape index (κ1) is 10.3. The van der Waals surface area contributed by atoms with E-state index >= 15 is 0 Å². The summed E-state index contributed by atoms with van der Waals surface area (Å²) in [5, 5.41) is 2.95. The SMILES string of the molecule is C/C=C/CCNC(=O)C(C)C1CC1. The van der Waals surface area contributed by atoms with Crippen LogP contribution < -0.4 is 5.32 Å². The van der Waals surface area contributed by atoms with Crippen LogP contribution in [0, 0.1) is 11.8 Å². The van der Waals surface area contributed by atoms with Gasteiger partial charge in [-0.25, -0.2) is 0 Å². The minimum atomic E-state index is 0.227. The van der Waals surface area contributed by atoms with Gasteiger partial charge in [0.1, 0.15) is 0 Å². The molecule has 0 radical (unpaired) electrons. The molecular formula is C11H19NO. The summed E-state index contributed by atoms with van der Waals surface area (Å²) in [7, 11) is 0. The number of hydrogen-bond donors (Lipinski definition) is 1. The highest BCUT2D eigenvalue weighted by molar-refractivity contribution is 5.78. The molecule has 1 unspecified atom stereocenters. The lowest BCUT2D eigenvalue weighted by Crippen LogP contribution is -2.30. The van der Waals surface area contributed by atoms with Crippen molar-refractivity contribution >= 4 is 5.91 Å². The molecule has 1 N–H and O–H groups in total. The third-order valence-electron chi connectivity index (χ3n) is 2.59. The second kappa shape index (κ2) is 5.05. The van der Waals surface area contributed by atoms with Crippen LogP contribution in [0.1, 0.15) is 33.1 Å². The van der Waals surface area contributed by atoms with Crippen LogP contribution in [-0.4, -0.2) is 12.5 Å². The summed E-state index contributed by atoms with van der Waals surface area (Å²) in [5.41, 5.74) is 0. The van der Waals surface area contributed by atoms with Crippen LogP contribution in [0.4, 0.5) is 0 Å². The lowest BCUT2D eigenvalue weighted by atomic mass is 10.1. The van der Waals surface area contributed by atoms with E-state index in [9.17, 15) is 4.79 Å². The third kappa shape index (κ3) is 3.62. The molecule has 1 saturated carbocycles. The molecule has 1 aliphatic carbocycles. The van der Waals surface area contributed by atoms with Crippen LogP contribution in [0.5, 0.6) is 0 Å². The van der Waals surface area contributed by atoms with Crippen molar-refractivity contribution in [2.75, 3.05) is 6.54 Å². The first-order valence-corrected chi connectivity index (χ1v) is 5.14. The molecule has 1 aliphatic rings. The molecule has 1 atom stereocenters. The van der Waals surface area contributed by atoms with E-state index in [1.54, 1.807) is 0 Å². The van der Waals surface area contributed by atoms with Gasteiger partial charge in [-0.05, 0) is 32.1 Å². The summed E-state index contributed by atoms with van der Waals surface area (Å²) < 4.78 is 0. The van der Waals surface area contributed by atoms with Gasteiger partial charge in [0.25, 0.3) is 0 Å². The molecule has 0 aromatic heterocycles. The number of hydrogen-bond acceptors (Lipinski definition) is 1. The Morgan fingerprint density at radius 2 is 2.31 bits per heavy atom. The largest absolute Gasteiger partial charge is 0.356 e. The van der Waals surface area contributed by atoms with Crippen LogP contribution in [0.2, 0.25) is 0 Å². The topological polar surface area (TPSA) is 29.1 Å². The highest BCUT2D eigenvalue weighted by Crippen LogP contribution is 2.36. The second-order valence-corrected chi connectivity index (χ2v) is 3.77. The number of nitrogens with one attached hydrogen (secondary N) is 1. The van der Waals surface area contributed by atoms with Crippen molar-refractivity contribution in [3.8, 4) is 0 Å². The third-order valence-corrected chi connectivity index (χ3v) is 2.59. The molecule has 0 aromatic carbocycles. The molecule has 0 aliphatic heterocycles. The van der Waals surface area contributed by atoms with Crippen LogP contribution in [-0.2, 0) is 4.79 Å². The zero-order valence-corrected chi connectivity index (χ0v) is 8.55. The van der Waals surface area contributed by atoms with Crippen LogP contribution >= 0.6 is 0 Å². The Kier molecular flexibility index (Phi) is 4.00. The number of carbonyl (C=O) groups is 1. The van der Waals surface area contributed by atoms with Gasteiger partial charge in [0.15, 0.2) is 0 Å². The maximum atomic E-state index is 11.5. The Hall–Kier alpha value is -0.790. The molecule has 0 bridgehead atoms. The predicted octanol–water partition coefficient (Wildman–Crippen LogP) is 2.11. The van der Waals surface area contributed by atoms with Gasteiger partial charge in [-0.3, -0.25) is 4.79 Å². The van der Waals surface area contributed by atoms with Crippen molar-refractivity contribution in [2.24, 2.45) is 11.8 Å². The Morgan fingerprint density at radius 1 is 1.62 bits per heavy atom. The van der Waals surface area contributed by atoms with Gasteiger partial charge in [-0.2, -0.15) is 0 Å². The molecule has 1 fully saturated rings. The maximum Gasteiger partial charge on any atom is 0.223 e. The maximum absolute atomic E-state index is 11.5. The van der Waals surface area contributed by atoms with Crippen molar-refractivity contribution in [1.29, 1.82) is 0 Å². The smallest absolute Gasteiger partial charge is 0.223 e. The number of carbonyl (C=O) groups excluding carboxylic acids is 1. The van der Waals surface area contributed by atoms with E-state index in [0.29, 0.717) is 5.92 Å². The lowest BCUT2D eigenvalue weighted by Gasteiger charge is -2.09. The van der Waals surface area contributed by atoms with E-state index in [4.69, 9.17) is 0 Å². The first-order chi connectivity index (χ1) is 6.25. The average Bonchev–Trinajstić information content (AvgIpc) is 2.94. The molecule has 0 aromatic rings. The number of rotatable bonds is 5. The first-order valence-electron chi connectivity index (χ1n) is 5.14. The van der Waals surface area contributed by atoms with Gasteiger partial charge in [0.2, 0.25) is 5.91 Å². The minimum Gasteiger partial charge on any atom is -0.356 e. The van der Waals surface area contributed by atoms with E-state index in [-0.39, 0.29) is 11.8 Å². The second-order valence-electron chi connectivity index (χ2n) is 3.77. The normalized spacial score (nSPS) is 18.9. The van der Waals surface area contributed by atoms with Crippen molar-refractivity contribution in [1.82, 2.24) is 5.32 Å². The van der Waals surface area contributed by atoms with Crippen LogP contribution in [0.25, 0.3) is 0 Å². The average molecular weight is 181 g/mol. The quantitative estimate of drug-likeness (QED) is 0.511. The molecule has 74 valence electrons. The Balaban J connectivity index is 2.09. The molecule has 0 saturated heterocycles. The van der Waals surface area contributed by atoms with E-state index in [2.05, 4.69) is 11.4 Å². The fourth-order valence-electron chi connectivity index (χ4n) is 1.42. The zero-order chi connectivity index (χ0) is 9.68. The van der Waals surface area contributed by atoms with Gasteiger partial charge in [0, 0.05) is 12.5 Å². The van der Waals surface area contributed by atoms with Gasteiger partial charge < -0.3 is 5.32 Å². The predicted molar refractivity (Wildman–Crippen MR) is 54.3 cm³/mol. The van der Waals surface area contributed by atoms with Gasteiger partial charge in [0.05, 0.1) is 0 Å². The molecule has 13 heavy (non-hydrogen) atoms. The van der Waals surface area contributed by atoms with E-state index in [1.165, 1.54) is 12.8 Å². The summed E-state index contributed by atoms with van der Waals surface area (Å²) in [4.78, 5) is 11.5. The molecule has 2 heteroatoms. The van der Waals surface area contributed by atoms with Crippen molar-refractivity contribution in [2.45, 2.75) is 33.1 Å². The van der Waals surface area contributed by atoms with Gasteiger partial charge in [-0.1, -0.05) is 19.1 Å². The molecule has 0 spiro atoms. The van der Waals surface area contributed by atoms with Gasteiger partial charge in [-0.15, -0.1) is 0 Å². The van der Waals surface area contributed by atoms with Crippen LogP contribution in [0.3, 0.4) is 0 Å². The van der Waals surface area contributed by atoms with Crippen molar-refractivity contribution in [3.63, 3.8) is 0 Å². The minimum absolute atomic E-state index is 0.227. The molecule has 1 amide bonds. The van der Waals surface area contributed by atoms with E-state index < -0.39 is 0 Å². The molecule has 0 heterocycles. The molecular weight excluding hydrogens is 162 g/mol. The number of amides is 1. The lowest BCUT2D eigenvalue weighted by molar-refractivity contribution is -0.125. The van der Waals surface area contributed by atoms with E-state index in [0.717, 1.165) is 13.0 Å². The number of allylic oxidation sites excluding steroid dienone is 1. The Bertz CT molecular complexity index is 194. The van der Waals surface area contributed by atoms with Crippen molar-refractivity contribution < 1.29 is 4.79 Å². The summed E-state index contributed by atoms with van der Waals surface area (Å²) in [5.74, 6) is 1.12. The van der Waals surface area contributed by atoms with Crippen molar-refractivity contribution in [3.05, 3.63) is 12.2 Å². The summed E-state index contributed by atoms with van der Waals surface area (Å²) in [6, 6.07) is 0. The summed E-state index contributed by atoms with van der Waals surface area (Å²) in [6.07, 6.45) is 7.51. The highest BCUT2D eigenvalue weighted by Gasteiger charge is 2.32. The Morgan fingerprint density at radius 3 is 2.85 bits per heavy atom. The summed E-state index contributed by atoms with van der Waals surface area (Å²) >= 11 is 0. The van der Waals surface area contributed by atoms with Gasteiger partial charge >= 0.3 is 0 Å². The standard InChI is InChI=1S/C11H19NO/c1-3-4-5-8-12-11(13)9(2)10-6-7-10/h3-4,9-10H,5-8H2,1-2H3,(H,12,13)/b4-3+. The monoisotopic (exact) mass is 181 g/mol. The fraction of sp³-hybridized carbons (Fsp3) is 0.727. The Labute approximate surface area is 80.4 Å². The molecule has 1 rings (SSSR count). The highest BCUT2D eigenvalue weighted by atomic mass is 16.1.